The SMILES string of the molecule is O=C(O)C[C@@H](CC1CCOCC1)C(=O)N(c1nc(-c2cc(F)ccc2-c2ccc(N3CCCCC3=O)nc2)cs1)C1CC1. The molecule has 3 aromatic rings. The quantitative estimate of drug-likeness (QED) is 0.304. The van der Waals surface area contributed by atoms with Crippen LogP contribution >= 0.6 is 11.3 Å². The fraction of sp³-hybridized carbons (Fsp3) is 0.469. The summed E-state index contributed by atoms with van der Waals surface area (Å²) in [7, 11) is 0. The average Bonchev–Trinajstić information content (AvgIpc) is 3.73. The summed E-state index contributed by atoms with van der Waals surface area (Å²) < 4.78 is 20.0. The molecule has 1 aromatic carbocycles. The van der Waals surface area contributed by atoms with E-state index in [1.165, 1.54) is 23.5 Å². The molecule has 2 amide bonds. The summed E-state index contributed by atoms with van der Waals surface area (Å²) in [6.45, 7) is 1.91. The lowest BCUT2D eigenvalue weighted by Gasteiger charge is -2.29. The molecule has 2 aliphatic heterocycles. The van der Waals surface area contributed by atoms with Crippen LogP contribution in [-0.2, 0) is 19.1 Å². The van der Waals surface area contributed by atoms with Crippen LogP contribution in [0.4, 0.5) is 15.3 Å². The van der Waals surface area contributed by atoms with E-state index in [1.54, 1.807) is 22.1 Å². The zero-order chi connectivity index (χ0) is 29.9. The van der Waals surface area contributed by atoms with E-state index < -0.39 is 17.7 Å². The number of hydrogen-bond donors (Lipinski definition) is 1. The highest BCUT2D eigenvalue weighted by atomic mass is 32.1. The van der Waals surface area contributed by atoms with Gasteiger partial charge in [-0.05, 0) is 80.7 Å². The molecule has 43 heavy (non-hydrogen) atoms. The number of benzene rings is 1. The monoisotopic (exact) mass is 606 g/mol. The third-order valence-corrected chi connectivity index (χ3v) is 9.33. The molecule has 0 radical (unpaired) electrons. The Balaban J connectivity index is 1.27. The van der Waals surface area contributed by atoms with Gasteiger partial charge in [-0.25, -0.2) is 14.4 Å². The van der Waals surface area contributed by atoms with Crippen LogP contribution in [-0.4, -0.2) is 58.7 Å². The van der Waals surface area contributed by atoms with Crippen LogP contribution in [0.15, 0.2) is 41.9 Å². The van der Waals surface area contributed by atoms with Gasteiger partial charge in [0.15, 0.2) is 5.13 Å². The fourth-order valence-electron chi connectivity index (χ4n) is 6.06. The first-order chi connectivity index (χ1) is 20.9. The Bertz CT molecular complexity index is 1490. The van der Waals surface area contributed by atoms with E-state index in [0.717, 1.165) is 49.7 Å². The number of piperidine rings is 1. The summed E-state index contributed by atoms with van der Waals surface area (Å²) in [5.41, 5.74) is 2.58. The van der Waals surface area contributed by atoms with Crippen LogP contribution in [0.25, 0.3) is 22.4 Å². The van der Waals surface area contributed by atoms with Gasteiger partial charge < -0.3 is 9.84 Å². The summed E-state index contributed by atoms with van der Waals surface area (Å²) in [6, 6.07) is 8.18. The van der Waals surface area contributed by atoms with E-state index >= 15 is 0 Å². The van der Waals surface area contributed by atoms with E-state index in [2.05, 4.69) is 4.98 Å². The van der Waals surface area contributed by atoms with Crippen molar-refractivity contribution < 1.29 is 28.6 Å². The number of aromatic nitrogens is 2. The van der Waals surface area contributed by atoms with Gasteiger partial charge in [0.05, 0.1) is 12.1 Å². The van der Waals surface area contributed by atoms with Crippen LogP contribution in [0.2, 0.25) is 0 Å². The van der Waals surface area contributed by atoms with Gasteiger partial charge in [0.2, 0.25) is 11.8 Å². The van der Waals surface area contributed by atoms with Crippen molar-refractivity contribution >= 4 is 40.1 Å². The molecule has 6 rings (SSSR count). The number of carboxylic acid groups (broad SMARTS) is 1. The van der Waals surface area contributed by atoms with Gasteiger partial charge in [0.1, 0.15) is 11.6 Å². The number of amides is 2. The average molecular weight is 607 g/mol. The van der Waals surface area contributed by atoms with Gasteiger partial charge in [-0.1, -0.05) is 6.07 Å². The van der Waals surface area contributed by atoms with Crippen molar-refractivity contribution in [1.29, 1.82) is 0 Å². The first-order valence-corrected chi connectivity index (χ1v) is 15.9. The molecule has 2 aromatic heterocycles. The van der Waals surface area contributed by atoms with Crippen molar-refractivity contribution in [3.8, 4) is 22.4 Å². The molecule has 1 aliphatic carbocycles. The molecule has 1 atom stereocenters. The van der Waals surface area contributed by atoms with E-state index in [9.17, 15) is 23.9 Å². The highest BCUT2D eigenvalue weighted by Gasteiger charge is 2.40. The summed E-state index contributed by atoms with van der Waals surface area (Å²) in [4.78, 5) is 50.8. The van der Waals surface area contributed by atoms with Gasteiger partial charge in [0, 0.05) is 60.8 Å². The third kappa shape index (κ3) is 6.78. The van der Waals surface area contributed by atoms with Crippen LogP contribution < -0.4 is 9.80 Å². The molecule has 11 heteroatoms. The summed E-state index contributed by atoms with van der Waals surface area (Å²) in [6.07, 6.45) is 7.63. The number of anilines is 2. The van der Waals surface area contributed by atoms with Crippen LogP contribution in [0.3, 0.4) is 0 Å². The molecular weight excluding hydrogens is 571 g/mol. The minimum atomic E-state index is -0.991. The van der Waals surface area contributed by atoms with Gasteiger partial charge in [-0.3, -0.25) is 24.2 Å². The first kappa shape index (κ1) is 29.4. The lowest BCUT2D eigenvalue weighted by Crippen LogP contribution is -2.40. The number of aliphatic carboxylic acids is 1. The Hall–Kier alpha value is -3.70. The van der Waals surface area contributed by atoms with E-state index in [-0.39, 0.29) is 30.2 Å². The third-order valence-electron chi connectivity index (χ3n) is 8.49. The Morgan fingerprint density at radius 2 is 1.93 bits per heavy atom. The van der Waals surface area contributed by atoms with Crippen LogP contribution in [0.1, 0.15) is 57.8 Å². The number of ether oxygens (including phenoxy) is 1. The fourth-order valence-corrected chi connectivity index (χ4v) is 6.96. The number of nitrogens with zero attached hydrogens (tertiary/aromatic N) is 4. The summed E-state index contributed by atoms with van der Waals surface area (Å²) in [5, 5.41) is 11.9. The lowest BCUT2D eigenvalue weighted by molar-refractivity contribution is -0.141. The highest BCUT2D eigenvalue weighted by molar-refractivity contribution is 7.14. The maximum Gasteiger partial charge on any atom is 0.304 e. The van der Waals surface area contributed by atoms with Crippen molar-refractivity contribution in [2.24, 2.45) is 11.8 Å². The van der Waals surface area contributed by atoms with E-state index in [0.29, 0.717) is 54.8 Å². The minimum absolute atomic E-state index is 0.0151. The maximum atomic E-state index is 14.6. The Morgan fingerprint density at radius 3 is 2.63 bits per heavy atom. The number of pyridine rings is 1. The van der Waals surface area contributed by atoms with Gasteiger partial charge >= 0.3 is 5.97 Å². The standard InChI is InChI=1S/C32H35FN4O5S/c33-23-5-8-25(21-4-9-28(34-18-21)36-12-2-1-3-29(36)38)26(17-23)27-19-43-32(35-27)37(24-6-7-24)31(41)22(16-30(39)40)15-20-10-13-42-14-11-20/h4-5,8-9,17-20,22,24H,1-3,6-7,10-16H2,(H,39,40)/t22-/m1/s1. The number of halogens is 1. The molecular formula is C32H35FN4O5S. The summed E-state index contributed by atoms with van der Waals surface area (Å²) >= 11 is 1.31. The first-order valence-electron chi connectivity index (χ1n) is 15.0. The van der Waals surface area contributed by atoms with E-state index in [4.69, 9.17) is 9.72 Å². The normalized spacial score (nSPS) is 18.4. The second-order valence-electron chi connectivity index (χ2n) is 11.6. The second-order valence-corrected chi connectivity index (χ2v) is 12.5. The maximum absolute atomic E-state index is 14.6. The Morgan fingerprint density at radius 1 is 1.12 bits per heavy atom. The molecule has 226 valence electrons. The van der Waals surface area contributed by atoms with Crippen molar-refractivity contribution in [1.82, 2.24) is 9.97 Å². The number of rotatable bonds is 10. The minimum Gasteiger partial charge on any atom is -0.481 e. The molecule has 9 nitrogen and oxygen atoms in total. The van der Waals surface area contributed by atoms with Crippen molar-refractivity contribution in [3.05, 3.63) is 47.7 Å². The number of carboxylic acids is 1. The molecule has 4 heterocycles. The highest BCUT2D eigenvalue weighted by Crippen LogP contribution is 2.40. The molecule has 1 N–H and O–H groups in total. The topological polar surface area (TPSA) is 113 Å². The second kappa shape index (κ2) is 12.9. The Kier molecular flexibility index (Phi) is 8.80. The van der Waals surface area contributed by atoms with E-state index in [1.807, 2.05) is 17.5 Å². The predicted octanol–water partition coefficient (Wildman–Crippen LogP) is 5.93. The zero-order valence-electron chi connectivity index (χ0n) is 23.9. The predicted molar refractivity (Wildman–Crippen MR) is 161 cm³/mol. The molecule has 0 bridgehead atoms. The van der Waals surface area contributed by atoms with Gasteiger partial charge in [-0.15, -0.1) is 11.3 Å². The number of hydrogen-bond acceptors (Lipinski definition) is 7. The molecule has 1 saturated carbocycles. The number of carbonyl (C=O) groups excluding carboxylic acids is 2. The largest absolute Gasteiger partial charge is 0.481 e. The molecule has 0 spiro atoms. The summed E-state index contributed by atoms with van der Waals surface area (Å²) in [5.74, 6) is -1.34. The Labute approximate surface area is 253 Å². The number of carbonyl (C=O) groups is 3. The van der Waals surface area contributed by atoms with Gasteiger partial charge in [0.25, 0.3) is 0 Å². The van der Waals surface area contributed by atoms with Crippen molar-refractivity contribution in [3.63, 3.8) is 0 Å². The van der Waals surface area contributed by atoms with Crippen LogP contribution in [0.5, 0.6) is 0 Å². The smallest absolute Gasteiger partial charge is 0.304 e. The molecule has 3 aliphatic rings. The zero-order valence-corrected chi connectivity index (χ0v) is 24.7. The molecule has 3 fully saturated rings. The number of thiazole rings is 1. The molecule has 0 unspecified atom stereocenters. The molecule has 2 saturated heterocycles. The van der Waals surface area contributed by atoms with Crippen LogP contribution in [0, 0.1) is 17.7 Å². The lowest BCUT2D eigenvalue weighted by atomic mass is 9.86. The van der Waals surface area contributed by atoms with Crippen molar-refractivity contribution in [2.45, 2.75) is 63.8 Å². The van der Waals surface area contributed by atoms with Gasteiger partial charge in [-0.2, -0.15) is 0 Å². The van der Waals surface area contributed by atoms with Crippen molar-refractivity contribution in [2.75, 3.05) is 29.6 Å².